The van der Waals surface area contributed by atoms with Crippen molar-refractivity contribution in [1.82, 2.24) is 15.2 Å². The highest BCUT2D eigenvalue weighted by atomic mass is 16.5. The van der Waals surface area contributed by atoms with Crippen molar-refractivity contribution in [3.63, 3.8) is 0 Å². The van der Waals surface area contributed by atoms with Crippen LogP contribution < -0.4 is 5.32 Å². The maximum Gasteiger partial charge on any atom is 0.0892 e. The molecule has 2 aliphatic heterocycles. The molecule has 1 fully saturated rings. The lowest BCUT2D eigenvalue weighted by atomic mass is 9.98. The number of benzene rings is 1. The number of ether oxygens (including phenoxy) is 1. The summed E-state index contributed by atoms with van der Waals surface area (Å²) in [6.45, 7) is 4.46. The number of hydrogen-bond donors (Lipinski definition) is 1. The van der Waals surface area contributed by atoms with Crippen LogP contribution in [0.1, 0.15) is 28.9 Å². The minimum absolute atomic E-state index is 0.325. The molecule has 22 heavy (non-hydrogen) atoms. The van der Waals surface area contributed by atoms with Gasteiger partial charge in [-0.25, -0.2) is 0 Å². The number of nitrogens with one attached hydrogen (secondary N) is 1. The van der Waals surface area contributed by atoms with Crippen LogP contribution in [0, 0.1) is 0 Å². The summed E-state index contributed by atoms with van der Waals surface area (Å²) in [6, 6.07) is 15.6. The van der Waals surface area contributed by atoms with E-state index in [4.69, 9.17) is 4.74 Å². The highest BCUT2D eigenvalue weighted by Gasteiger charge is 2.31. The first-order valence-corrected chi connectivity index (χ1v) is 7.96. The molecule has 0 aliphatic carbocycles. The van der Waals surface area contributed by atoms with Crippen LogP contribution in [-0.2, 0) is 11.3 Å². The number of fused-ring (bicyclic) bond motifs is 1. The number of hydrogen-bond acceptors (Lipinski definition) is 4. The monoisotopic (exact) mass is 295 g/mol. The number of aromatic nitrogens is 1. The van der Waals surface area contributed by atoms with E-state index in [1.807, 2.05) is 12.3 Å². The van der Waals surface area contributed by atoms with Gasteiger partial charge < -0.3 is 10.1 Å². The first-order valence-electron chi connectivity index (χ1n) is 7.96. The fourth-order valence-electron chi connectivity index (χ4n) is 3.50. The average Bonchev–Trinajstić information content (AvgIpc) is 2.62. The zero-order valence-corrected chi connectivity index (χ0v) is 12.6. The maximum absolute atomic E-state index is 5.78. The molecular formula is C18H21N3O. The second kappa shape index (κ2) is 6.16. The third-order valence-corrected chi connectivity index (χ3v) is 4.65. The molecule has 1 N–H and O–H groups in total. The first-order chi connectivity index (χ1) is 10.9. The number of rotatable bonds is 2. The van der Waals surface area contributed by atoms with Crippen molar-refractivity contribution < 1.29 is 4.74 Å². The third kappa shape index (κ3) is 2.65. The van der Waals surface area contributed by atoms with Gasteiger partial charge in [-0.3, -0.25) is 9.88 Å². The SMILES string of the molecule is c1ccc([C@@H]2CN(C3COCc4ncccc43)CCN2)cc1. The summed E-state index contributed by atoms with van der Waals surface area (Å²) in [5.41, 5.74) is 3.78. The molecule has 1 aromatic heterocycles. The lowest BCUT2D eigenvalue weighted by Gasteiger charge is -2.40. The van der Waals surface area contributed by atoms with Gasteiger partial charge in [0.05, 0.1) is 24.9 Å². The maximum atomic E-state index is 5.78. The Morgan fingerprint density at radius 1 is 1.14 bits per heavy atom. The highest BCUT2D eigenvalue weighted by Crippen LogP contribution is 2.30. The molecule has 4 rings (SSSR count). The molecule has 2 aromatic rings. The van der Waals surface area contributed by atoms with E-state index in [0.717, 1.165) is 31.9 Å². The predicted octanol–water partition coefficient (Wildman–Crippen LogP) is 2.30. The quantitative estimate of drug-likeness (QED) is 0.922. The Bertz CT molecular complexity index is 631. The van der Waals surface area contributed by atoms with Crippen molar-refractivity contribution >= 4 is 0 Å². The van der Waals surface area contributed by atoms with E-state index in [1.54, 1.807) is 0 Å². The number of pyridine rings is 1. The summed E-state index contributed by atoms with van der Waals surface area (Å²) in [5, 5.41) is 3.63. The van der Waals surface area contributed by atoms with Crippen LogP contribution in [0.25, 0.3) is 0 Å². The zero-order chi connectivity index (χ0) is 14.8. The molecule has 0 bridgehead atoms. The van der Waals surface area contributed by atoms with Crippen LogP contribution in [0.3, 0.4) is 0 Å². The molecule has 0 spiro atoms. The standard InChI is InChI=1S/C18H21N3O/c1-2-5-14(6-3-1)16-11-21(10-9-20-16)18-13-22-12-17-15(18)7-4-8-19-17/h1-8,16,18,20H,9-13H2/t16-,18?/m0/s1. The van der Waals surface area contributed by atoms with E-state index in [1.165, 1.54) is 11.1 Å². The average molecular weight is 295 g/mol. The van der Waals surface area contributed by atoms with Gasteiger partial charge in [-0.2, -0.15) is 0 Å². The van der Waals surface area contributed by atoms with Crippen LogP contribution >= 0.6 is 0 Å². The molecule has 1 unspecified atom stereocenters. The van der Waals surface area contributed by atoms with Crippen molar-refractivity contribution in [2.75, 3.05) is 26.2 Å². The second-order valence-electron chi connectivity index (χ2n) is 5.98. The van der Waals surface area contributed by atoms with Gasteiger partial charge in [0, 0.05) is 31.9 Å². The fraction of sp³-hybridized carbons (Fsp3) is 0.389. The lowest BCUT2D eigenvalue weighted by Crippen LogP contribution is -2.48. The smallest absolute Gasteiger partial charge is 0.0892 e. The molecule has 4 heteroatoms. The summed E-state index contributed by atoms with van der Waals surface area (Å²) >= 11 is 0. The van der Waals surface area contributed by atoms with Crippen molar-refractivity contribution in [2.45, 2.75) is 18.7 Å². The van der Waals surface area contributed by atoms with Gasteiger partial charge in [0.25, 0.3) is 0 Å². The molecule has 0 amide bonds. The zero-order valence-electron chi connectivity index (χ0n) is 12.6. The topological polar surface area (TPSA) is 37.4 Å². The van der Waals surface area contributed by atoms with Gasteiger partial charge in [-0.05, 0) is 17.2 Å². The van der Waals surface area contributed by atoms with Gasteiger partial charge in [-0.15, -0.1) is 0 Å². The van der Waals surface area contributed by atoms with E-state index in [0.29, 0.717) is 18.7 Å². The molecular weight excluding hydrogens is 274 g/mol. The van der Waals surface area contributed by atoms with Crippen LogP contribution in [0.5, 0.6) is 0 Å². The molecule has 114 valence electrons. The Kier molecular flexibility index (Phi) is 3.89. The summed E-state index contributed by atoms with van der Waals surface area (Å²) in [4.78, 5) is 7.01. The molecule has 1 saturated heterocycles. The molecule has 2 aliphatic rings. The van der Waals surface area contributed by atoms with E-state index in [-0.39, 0.29) is 0 Å². The van der Waals surface area contributed by atoms with Gasteiger partial charge >= 0.3 is 0 Å². The van der Waals surface area contributed by atoms with Crippen LogP contribution in [0.15, 0.2) is 48.7 Å². The molecule has 3 heterocycles. The summed E-state index contributed by atoms with van der Waals surface area (Å²) in [7, 11) is 0. The minimum Gasteiger partial charge on any atom is -0.373 e. The number of nitrogens with zero attached hydrogens (tertiary/aromatic N) is 2. The minimum atomic E-state index is 0.325. The molecule has 1 aromatic carbocycles. The Hall–Kier alpha value is -1.75. The Balaban J connectivity index is 1.56. The Labute approximate surface area is 131 Å². The largest absolute Gasteiger partial charge is 0.373 e. The third-order valence-electron chi connectivity index (χ3n) is 4.65. The summed E-state index contributed by atoms with van der Waals surface area (Å²) in [6.07, 6.45) is 1.86. The van der Waals surface area contributed by atoms with E-state index >= 15 is 0 Å². The van der Waals surface area contributed by atoms with Crippen molar-refractivity contribution in [1.29, 1.82) is 0 Å². The summed E-state index contributed by atoms with van der Waals surface area (Å²) in [5.74, 6) is 0. The predicted molar refractivity (Wildman–Crippen MR) is 85.4 cm³/mol. The lowest BCUT2D eigenvalue weighted by molar-refractivity contribution is 0.0186. The Morgan fingerprint density at radius 2 is 2.05 bits per heavy atom. The van der Waals surface area contributed by atoms with Gasteiger partial charge in [0.2, 0.25) is 0 Å². The fourth-order valence-corrected chi connectivity index (χ4v) is 3.50. The number of piperazine rings is 1. The van der Waals surface area contributed by atoms with Crippen molar-refractivity contribution in [3.8, 4) is 0 Å². The van der Waals surface area contributed by atoms with Crippen LogP contribution in [-0.4, -0.2) is 36.1 Å². The summed E-state index contributed by atoms with van der Waals surface area (Å²) < 4.78 is 5.78. The van der Waals surface area contributed by atoms with Crippen LogP contribution in [0.4, 0.5) is 0 Å². The molecule has 2 atom stereocenters. The van der Waals surface area contributed by atoms with Gasteiger partial charge in [0.15, 0.2) is 0 Å². The normalized spacial score (nSPS) is 25.6. The van der Waals surface area contributed by atoms with E-state index in [2.05, 4.69) is 51.6 Å². The van der Waals surface area contributed by atoms with Gasteiger partial charge in [-0.1, -0.05) is 36.4 Å². The van der Waals surface area contributed by atoms with Gasteiger partial charge in [0.1, 0.15) is 0 Å². The Morgan fingerprint density at radius 3 is 2.95 bits per heavy atom. The van der Waals surface area contributed by atoms with Crippen molar-refractivity contribution in [2.24, 2.45) is 0 Å². The molecule has 4 nitrogen and oxygen atoms in total. The molecule has 0 saturated carbocycles. The van der Waals surface area contributed by atoms with Crippen LogP contribution in [0.2, 0.25) is 0 Å². The second-order valence-corrected chi connectivity index (χ2v) is 5.98. The highest BCUT2D eigenvalue weighted by molar-refractivity contribution is 5.26. The molecule has 0 radical (unpaired) electrons. The first kappa shape index (κ1) is 13.9. The van der Waals surface area contributed by atoms with E-state index < -0.39 is 0 Å². The van der Waals surface area contributed by atoms with E-state index in [9.17, 15) is 0 Å². The van der Waals surface area contributed by atoms with Crippen molar-refractivity contribution in [3.05, 3.63) is 65.5 Å².